The molecule has 0 amide bonds. The van der Waals surface area contributed by atoms with Gasteiger partial charge in [0.15, 0.2) is 0 Å². The molecule has 0 saturated carbocycles. The van der Waals surface area contributed by atoms with Gasteiger partial charge < -0.3 is 5.73 Å². The quantitative estimate of drug-likeness (QED) is 0.813. The molecule has 1 aliphatic rings. The van der Waals surface area contributed by atoms with Gasteiger partial charge >= 0.3 is 0 Å². The van der Waals surface area contributed by atoms with Gasteiger partial charge in [-0.1, -0.05) is 6.92 Å². The van der Waals surface area contributed by atoms with Gasteiger partial charge in [-0.05, 0) is 56.2 Å². The first-order valence-electron chi connectivity index (χ1n) is 5.63. The van der Waals surface area contributed by atoms with Crippen molar-refractivity contribution in [1.82, 2.24) is 0 Å². The number of aryl methyl sites for hydroxylation is 2. The van der Waals surface area contributed by atoms with Crippen LogP contribution in [0.5, 0.6) is 0 Å². The lowest BCUT2D eigenvalue weighted by Crippen LogP contribution is -2.03. The Labute approximate surface area is 90.3 Å². The third-order valence-corrected chi connectivity index (χ3v) is 4.57. The van der Waals surface area contributed by atoms with E-state index in [9.17, 15) is 0 Å². The minimum atomic E-state index is 0.663. The van der Waals surface area contributed by atoms with Crippen molar-refractivity contribution in [3.05, 3.63) is 21.4 Å². The average molecular weight is 209 g/mol. The molecule has 0 saturated heterocycles. The number of rotatable bonds is 3. The highest BCUT2D eigenvalue weighted by molar-refractivity contribution is 7.12. The molecule has 1 atom stereocenters. The zero-order valence-electron chi connectivity index (χ0n) is 8.88. The van der Waals surface area contributed by atoms with Gasteiger partial charge in [0.25, 0.3) is 0 Å². The summed E-state index contributed by atoms with van der Waals surface area (Å²) < 4.78 is 0. The molecule has 2 rings (SSSR count). The number of thiophene rings is 1. The minimum absolute atomic E-state index is 0.663. The average Bonchev–Trinajstić information content (AvgIpc) is 2.61. The SMILES string of the molecule is CC(CCN)c1cc2c(s1)CCCC2. The fraction of sp³-hybridized carbons (Fsp3) is 0.667. The monoisotopic (exact) mass is 209 g/mol. The van der Waals surface area contributed by atoms with E-state index >= 15 is 0 Å². The second-order valence-electron chi connectivity index (χ2n) is 4.28. The van der Waals surface area contributed by atoms with Gasteiger partial charge in [-0.3, -0.25) is 0 Å². The first-order valence-corrected chi connectivity index (χ1v) is 6.44. The van der Waals surface area contributed by atoms with Gasteiger partial charge in [0, 0.05) is 9.75 Å². The van der Waals surface area contributed by atoms with Crippen LogP contribution in [0.1, 0.15) is 47.4 Å². The topological polar surface area (TPSA) is 26.0 Å². The number of fused-ring (bicyclic) bond motifs is 1. The van der Waals surface area contributed by atoms with Crippen LogP contribution in [0.15, 0.2) is 6.07 Å². The van der Waals surface area contributed by atoms with E-state index in [2.05, 4.69) is 13.0 Å². The smallest absolute Gasteiger partial charge is 0.00802 e. The Morgan fingerprint density at radius 1 is 1.43 bits per heavy atom. The van der Waals surface area contributed by atoms with E-state index in [-0.39, 0.29) is 0 Å². The van der Waals surface area contributed by atoms with E-state index < -0.39 is 0 Å². The van der Waals surface area contributed by atoms with Crippen molar-refractivity contribution in [2.45, 2.75) is 44.9 Å². The number of hydrogen-bond donors (Lipinski definition) is 1. The zero-order chi connectivity index (χ0) is 9.97. The highest BCUT2D eigenvalue weighted by Gasteiger charge is 2.15. The minimum Gasteiger partial charge on any atom is -0.330 e. The molecule has 14 heavy (non-hydrogen) atoms. The summed E-state index contributed by atoms with van der Waals surface area (Å²) in [5.41, 5.74) is 7.22. The maximum Gasteiger partial charge on any atom is 0.00802 e. The van der Waals surface area contributed by atoms with Crippen molar-refractivity contribution in [2.24, 2.45) is 5.73 Å². The summed E-state index contributed by atoms with van der Waals surface area (Å²) in [6.45, 7) is 3.11. The van der Waals surface area contributed by atoms with Crippen LogP contribution in [0.3, 0.4) is 0 Å². The highest BCUT2D eigenvalue weighted by Crippen LogP contribution is 2.34. The third-order valence-electron chi connectivity index (χ3n) is 3.10. The molecule has 1 aromatic rings. The second-order valence-corrected chi connectivity index (χ2v) is 5.45. The van der Waals surface area contributed by atoms with Crippen molar-refractivity contribution < 1.29 is 0 Å². The normalized spacial score (nSPS) is 17.9. The van der Waals surface area contributed by atoms with Crippen molar-refractivity contribution in [2.75, 3.05) is 6.54 Å². The Morgan fingerprint density at radius 2 is 2.21 bits per heavy atom. The molecule has 1 aromatic heterocycles. The summed E-state index contributed by atoms with van der Waals surface area (Å²) >= 11 is 2.03. The van der Waals surface area contributed by atoms with Crippen LogP contribution in [-0.4, -0.2) is 6.54 Å². The van der Waals surface area contributed by atoms with Gasteiger partial charge in [-0.2, -0.15) is 0 Å². The fourth-order valence-electron chi connectivity index (χ4n) is 2.15. The summed E-state index contributed by atoms with van der Waals surface area (Å²) in [5.74, 6) is 0.663. The maximum absolute atomic E-state index is 5.59. The lowest BCUT2D eigenvalue weighted by Gasteiger charge is -2.08. The van der Waals surface area contributed by atoms with E-state index in [0.29, 0.717) is 5.92 Å². The number of hydrogen-bond acceptors (Lipinski definition) is 2. The largest absolute Gasteiger partial charge is 0.330 e. The summed E-state index contributed by atoms with van der Waals surface area (Å²) in [7, 11) is 0. The lowest BCUT2D eigenvalue weighted by atomic mass is 9.97. The Bertz CT molecular complexity index is 280. The Hall–Kier alpha value is -0.340. The van der Waals surface area contributed by atoms with Crippen LogP contribution in [0.2, 0.25) is 0 Å². The predicted molar refractivity (Wildman–Crippen MR) is 63.0 cm³/mol. The van der Waals surface area contributed by atoms with Crippen molar-refractivity contribution >= 4 is 11.3 Å². The van der Waals surface area contributed by atoms with Gasteiger partial charge in [-0.15, -0.1) is 11.3 Å². The standard InChI is InChI=1S/C12H19NS/c1-9(6-7-13)12-8-10-4-2-3-5-11(10)14-12/h8-9H,2-7,13H2,1H3. The molecule has 0 aliphatic heterocycles. The summed E-state index contributed by atoms with van der Waals surface area (Å²) in [6.07, 6.45) is 6.52. The summed E-state index contributed by atoms with van der Waals surface area (Å²) in [5, 5.41) is 0. The molecular formula is C12H19NS. The fourth-order valence-corrected chi connectivity index (χ4v) is 3.49. The Balaban J connectivity index is 2.15. The predicted octanol–water partition coefficient (Wildman–Crippen LogP) is 3.08. The number of nitrogens with two attached hydrogens (primary N) is 1. The summed E-state index contributed by atoms with van der Waals surface area (Å²) in [6, 6.07) is 2.43. The molecule has 2 heteroatoms. The first kappa shape index (κ1) is 10.2. The Kier molecular flexibility index (Phi) is 3.24. The molecule has 0 radical (unpaired) electrons. The molecular weight excluding hydrogens is 190 g/mol. The van der Waals surface area contributed by atoms with Crippen molar-refractivity contribution in [3.63, 3.8) is 0 Å². The van der Waals surface area contributed by atoms with E-state index in [1.54, 1.807) is 15.3 Å². The van der Waals surface area contributed by atoms with Crippen LogP contribution >= 0.6 is 11.3 Å². The first-order chi connectivity index (χ1) is 6.81. The van der Waals surface area contributed by atoms with E-state index in [4.69, 9.17) is 5.73 Å². The summed E-state index contributed by atoms with van der Waals surface area (Å²) in [4.78, 5) is 3.21. The van der Waals surface area contributed by atoms with Gasteiger partial charge in [-0.25, -0.2) is 0 Å². The highest BCUT2D eigenvalue weighted by atomic mass is 32.1. The maximum atomic E-state index is 5.59. The van der Waals surface area contributed by atoms with Crippen LogP contribution in [0, 0.1) is 0 Å². The molecule has 1 unspecified atom stereocenters. The Morgan fingerprint density at radius 3 is 2.93 bits per heavy atom. The molecule has 0 aromatic carbocycles. The molecule has 78 valence electrons. The van der Waals surface area contributed by atoms with Gasteiger partial charge in [0.2, 0.25) is 0 Å². The molecule has 1 aliphatic carbocycles. The van der Waals surface area contributed by atoms with Crippen molar-refractivity contribution in [1.29, 1.82) is 0 Å². The van der Waals surface area contributed by atoms with E-state index in [0.717, 1.165) is 13.0 Å². The molecule has 1 nitrogen and oxygen atoms in total. The molecule has 0 bridgehead atoms. The van der Waals surface area contributed by atoms with Crippen LogP contribution in [0.4, 0.5) is 0 Å². The van der Waals surface area contributed by atoms with E-state index in [1.165, 1.54) is 25.7 Å². The van der Waals surface area contributed by atoms with Gasteiger partial charge in [0.1, 0.15) is 0 Å². The van der Waals surface area contributed by atoms with Crippen LogP contribution in [0.25, 0.3) is 0 Å². The van der Waals surface area contributed by atoms with Crippen molar-refractivity contribution in [3.8, 4) is 0 Å². The molecule has 0 fully saturated rings. The van der Waals surface area contributed by atoms with Gasteiger partial charge in [0.05, 0.1) is 0 Å². The van der Waals surface area contributed by atoms with E-state index in [1.807, 2.05) is 11.3 Å². The zero-order valence-corrected chi connectivity index (χ0v) is 9.70. The second kappa shape index (κ2) is 4.45. The third kappa shape index (κ3) is 2.01. The molecule has 1 heterocycles. The lowest BCUT2D eigenvalue weighted by molar-refractivity contribution is 0.691. The van der Waals surface area contributed by atoms with Crippen LogP contribution < -0.4 is 5.73 Å². The molecule has 0 spiro atoms. The molecule has 2 N–H and O–H groups in total. The van der Waals surface area contributed by atoms with Crippen LogP contribution in [-0.2, 0) is 12.8 Å².